The molecule has 0 saturated carbocycles. The summed E-state index contributed by atoms with van der Waals surface area (Å²) in [5.41, 5.74) is 0.114. The minimum absolute atomic E-state index is 0.586. The van der Waals surface area contributed by atoms with Crippen LogP contribution in [0.2, 0.25) is 0 Å². The predicted molar refractivity (Wildman–Crippen MR) is 53.3 cm³/mol. The Morgan fingerprint density at radius 1 is 1.27 bits per heavy atom. The molecule has 0 heterocycles. The molecule has 0 aliphatic carbocycles. The molecule has 0 aliphatic heterocycles. The van der Waals surface area contributed by atoms with E-state index in [4.69, 9.17) is 6.58 Å². The second kappa shape index (κ2) is 5.01. The Balaban J connectivity index is 2.70. The third-order valence-electron chi connectivity index (χ3n) is 2.09. The quantitative estimate of drug-likeness (QED) is 0.663. The maximum atomic E-state index is 12.3. The average molecular weight is 213 g/mol. The van der Waals surface area contributed by atoms with Crippen LogP contribution in [0.15, 0.2) is 30.3 Å². The van der Waals surface area contributed by atoms with Crippen molar-refractivity contribution in [2.75, 3.05) is 0 Å². The Morgan fingerprint density at radius 2 is 2.00 bits per heavy atom. The van der Waals surface area contributed by atoms with Gasteiger partial charge in [-0.05, 0) is 30.9 Å². The number of benzene rings is 1. The number of rotatable bonds is 4. The smallest absolute Gasteiger partial charge is 0.166 e. The maximum Gasteiger partial charge on any atom is 0.416 e. The maximum absolute atomic E-state index is 12.3. The molecule has 0 fully saturated rings. The molecular formula is C12H12F3. The first kappa shape index (κ1) is 11.8. The van der Waals surface area contributed by atoms with Crippen molar-refractivity contribution in [3.63, 3.8) is 0 Å². The van der Waals surface area contributed by atoms with Gasteiger partial charge >= 0.3 is 6.18 Å². The van der Waals surface area contributed by atoms with Crippen LogP contribution in [-0.4, -0.2) is 0 Å². The van der Waals surface area contributed by atoms with Gasteiger partial charge in [-0.1, -0.05) is 30.9 Å². The summed E-state index contributed by atoms with van der Waals surface area (Å²) in [4.78, 5) is 0. The number of hydrogen-bond acceptors (Lipinski definition) is 0. The van der Waals surface area contributed by atoms with Crippen LogP contribution < -0.4 is 0 Å². The van der Waals surface area contributed by atoms with E-state index in [0.29, 0.717) is 12.0 Å². The van der Waals surface area contributed by atoms with Crippen LogP contribution in [0.25, 0.3) is 0 Å². The highest BCUT2D eigenvalue weighted by molar-refractivity contribution is 5.25. The molecule has 1 aromatic rings. The molecule has 0 unspecified atom stereocenters. The van der Waals surface area contributed by atoms with Gasteiger partial charge < -0.3 is 0 Å². The highest BCUT2D eigenvalue weighted by Crippen LogP contribution is 2.29. The fourth-order valence-electron chi connectivity index (χ4n) is 1.33. The molecule has 1 radical (unpaired) electrons. The molecule has 0 atom stereocenters. The predicted octanol–water partition coefficient (Wildman–Crippen LogP) is 4.02. The lowest BCUT2D eigenvalue weighted by molar-refractivity contribution is -0.137. The van der Waals surface area contributed by atoms with Crippen molar-refractivity contribution < 1.29 is 13.2 Å². The summed E-state index contributed by atoms with van der Waals surface area (Å²) in [6.07, 6.45) is -0.616. The standard InChI is InChI=1S/C12H12F3/c1-2-3-4-6-10-7-5-8-11(9-10)12(13,14)15/h1-2,5,7-9H,3-4,6H2. The van der Waals surface area contributed by atoms with Gasteiger partial charge in [0.25, 0.3) is 0 Å². The summed E-state index contributed by atoms with van der Waals surface area (Å²) in [7, 11) is 0. The van der Waals surface area contributed by atoms with Crippen LogP contribution in [0.4, 0.5) is 13.2 Å². The van der Waals surface area contributed by atoms with Crippen LogP contribution in [-0.2, 0) is 12.6 Å². The summed E-state index contributed by atoms with van der Waals surface area (Å²) in [6.45, 7) is 5.19. The average Bonchev–Trinajstić information content (AvgIpc) is 2.17. The Morgan fingerprint density at radius 3 is 2.60 bits per heavy atom. The van der Waals surface area contributed by atoms with Gasteiger partial charge in [-0.15, -0.1) is 0 Å². The number of unbranched alkanes of at least 4 members (excludes halogenated alkanes) is 1. The normalized spacial score (nSPS) is 11.4. The Bertz CT molecular complexity index is 326. The minimum Gasteiger partial charge on any atom is -0.166 e. The number of alkyl halides is 3. The van der Waals surface area contributed by atoms with Crippen LogP contribution >= 0.6 is 0 Å². The third kappa shape index (κ3) is 3.78. The van der Waals surface area contributed by atoms with Gasteiger partial charge in [-0.3, -0.25) is 0 Å². The van der Waals surface area contributed by atoms with Crippen LogP contribution in [0.3, 0.4) is 0 Å². The monoisotopic (exact) mass is 213 g/mol. The zero-order valence-electron chi connectivity index (χ0n) is 8.22. The minimum atomic E-state index is -4.25. The Labute approximate surface area is 87.4 Å². The molecule has 81 valence electrons. The van der Waals surface area contributed by atoms with Gasteiger partial charge in [0.2, 0.25) is 0 Å². The van der Waals surface area contributed by atoms with Crippen LogP contribution in [0.5, 0.6) is 0 Å². The lowest BCUT2D eigenvalue weighted by atomic mass is 10.1. The highest BCUT2D eigenvalue weighted by Gasteiger charge is 2.30. The second-order valence-electron chi connectivity index (χ2n) is 3.33. The lowest BCUT2D eigenvalue weighted by Gasteiger charge is -2.08. The van der Waals surface area contributed by atoms with Crippen molar-refractivity contribution in [1.29, 1.82) is 0 Å². The van der Waals surface area contributed by atoms with Gasteiger partial charge in [-0.25, -0.2) is 0 Å². The first-order valence-corrected chi connectivity index (χ1v) is 4.73. The molecule has 3 heteroatoms. The van der Waals surface area contributed by atoms with Crippen LogP contribution in [0.1, 0.15) is 24.0 Å². The van der Waals surface area contributed by atoms with Crippen molar-refractivity contribution in [2.24, 2.45) is 0 Å². The molecule has 0 bridgehead atoms. The van der Waals surface area contributed by atoms with E-state index in [2.05, 4.69) is 0 Å². The largest absolute Gasteiger partial charge is 0.416 e. The van der Waals surface area contributed by atoms with E-state index in [1.54, 1.807) is 6.07 Å². The van der Waals surface area contributed by atoms with E-state index in [0.717, 1.165) is 18.9 Å². The number of allylic oxidation sites excluding steroid dienone is 1. The van der Waals surface area contributed by atoms with E-state index >= 15 is 0 Å². The van der Waals surface area contributed by atoms with Crippen molar-refractivity contribution in [3.05, 3.63) is 48.0 Å². The first-order valence-electron chi connectivity index (χ1n) is 4.73. The molecule has 1 aromatic carbocycles. The fraction of sp³-hybridized carbons (Fsp3) is 0.333. The summed E-state index contributed by atoms with van der Waals surface area (Å²) in [5.74, 6) is 0. The molecule has 1 rings (SSSR count). The zero-order chi connectivity index (χ0) is 11.3. The topological polar surface area (TPSA) is 0 Å². The Hall–Kier alpha value is -1.25. The van der Waals surface area contributed by atoms with Crippen molar-refractivity contribution in [1.82, 2.24) is 0 Å². The van der Waals surface area contributed by atoms with Gasteiger partial charge in [0, 0.05) is 0 Å². The number of halogens is 3. The molecular weight excluding hydrogens is 201 g/mol. The number of aryl methyl sites for hydroxylation is 1. The second-order valence-corrected chi connectivity index (χ2v) is 3.33. The first-order chi connectivity index (χ1) is 7.04. The summed E-state index contributed by atoms with van der Waals surface area (Å²) in [5, 5.41) is 0. The molecule has 0 aliphatic rings. The van der Waals surface area contributed by atoms with Gasteiger partial charge in [0.05, 0.1) is 5.56 Å². The third-order valence-corrected chi connectivity index (χ3v) is 2.09. The summed E-state index contributed by atoms with van der Waals surface area (Å²) >= 11 is 0. The molecule has 0 nitrogen and oxygen atoms in total. The van der Waals surface area contributed by atoms with Crippen LogP contribution in [0, 0.1) is 6.58 Å². The molecule has 0 aromatic heterocycles. The molecule has 0 amide bonds. The van der Waals surface area contributed by atoms with Gasteiger partial charge in [-0.2, -0.15) is 13.2 Å². The SMILES string of the molecule is [CH]=CCCCc1cccc(C(F)(F)F)c1. The van der Waals surface area contributed by atoms with Gasteiger partial charge in [0.1, 0.15) is 0 Å². The lowest BCUT2D eigenvalue weighted by Crippen LogP contribution is -2.05. The van der Waals surface area contributed by atoms with Crippen molar-refractivity contribution in [3.8, 4) is 0 Å². The van der Waals surface area contributed by atoms with Crippen molar-refractivity contribution in [2.45, 2.75) is 25.4 Å². The molecule has 15 heavy (non-hydrogen) atoms. The van der Waals surface area contributed by atoms with Gasteiger partial charge in [0.15, 0.2) is 0 Å². The van der Waals surface area contributed by atoms with E-state index in [1.165, 1.54) is 18.2 Å². The van der Waals surface area contributed by atoms with E-state index < -0.39 is 11.7 Å². The molecule has 0 saturated heterocycles. The Kier molecular flexibility index (Phi) is 3.95. The van der Waals surface area contributed by atoms with Crippen molar-refractivity contribution >= 4 is 0 Å². The summed E-state index contributed by atoms with van der Waals surface area (Å²) < 4.78 is 37.0. The van der Waals surface area contributed by atoms with E-state index in [1.807, 2.05) is 0 Å². The summed E-state index contributed by atoms with van der Waals surface area (Å²) in [6, 6.07) is 5.41. The number of hydrogen-bond donors (Lipinski definition) is 0. The van der Waals surface area contributed by atoms with E-state index in [9.17, 15) is 13.2 Å². The molecule has 0 N–H and O–H groups in total. The van der Waals surface area contributed by atoms with E-state index in [-0.39, 0.29) is 0 Å². The highest BCUT2D eigenvalue weighted by atomic mass is 19.4. The zero-order valence-corrected chi connectivity index (χ0v) is 8.22. The fourth-order valence-corrected chi connectivity index (χ4v) is 1.33. The molecule has 0 spiro atoms.